The van der Waals surface area contributed by atoms with Crippen molar-refractivity contribution in [1.29, 1.82) is 0 Å². The van der Waals surface area contributed by atoms with E-state index >= 15 is 0 Å². The summed E-state index contributed by atoms with van der Waals surface area (Å²) in [4.78, 5) is 4.33. The monoisotopic (exact) mass is 204 g/mol. The molecule has 4 heteroatoms. The predicted molar refractivity (Wildman–Crippen MR) is 63.4 cm³/mol. The van der Waals surface area contributed by atoms with Gasteiger partial charge < -0.3 is 10.7 Å². The molecule has 4 nitrogen and oxygen atoms in total. The third-order valence-electron chi connectivity index (χ3n) is 2.64. The lowest BCUT2D eigenvalue weighted by Crippen LogP contribution is -2.35. The van der Waals surface area contributed by atoms with Crippen LogP contribution in [0.4, 0.5) is 5.69 Å². The number of fused-ring (bicyclic) bond motifs is 1. The van der Waals surface area contributed by atoms with Gasteiger partial charge in [0.25, 0.3) is 0 Å². The Bertz CT molecular complexity index is 472. The lowest BCUT2D eigenvalue weighted by Gasteiger charge is -2.25. The van der Waals surface area contributed by atoms with Crippen LogP contribution in [0.15, 0.2) is 24.5 Å². The molecule has 0 spiro atoms. The van der Waals surface area contributed by atoms with E-state index in [0.29, 0.717) is 6.04 Å². The number of hydrogen-bond donors (Lipinski definition) is 1. The number of benzene rings is 1. The van der Waals surface area contributed by atoms with Gasteiger partial charge in [0.15, 0.2) is 0 Å². The van der Waals surface area contributed by atoms with Gasteiger partial charge in [-0.05, 0) is 32.0 Å². The highest BCUT2D eigenvalue weighted by atomic mass is 15.5. The molecule has 0 bridgehead atoms. The Morgan fingerprint density at radius 2 is 2.13 bits per heavy atom. The zero-order valence-corrected chi connectivity index (χ0v) is 9.31. The largest absolute Gasteiger partial charge is 0.399 e. The van der Waals surface area contributed by atoms with Crippen LogP contribution < -0.4 is 10.7 Å². The highest BCUT2D eigenvalue weighted by molar-refractivity contribution is 5.79. The van der Waals surface area contributed by atoms with Crippen molar-refractivity contribution < 1.29 is 0 Å². The van der Waals surface area contributed by atoms with Gasteiger partial charge in [0.1, 0.15) is 6.33 Å². The third-order valence-corrected chi connectivity index (χ3v) is 2.64. The van der Waals surface area contributed by atoms with Gasteiger partial charge >= 0.3 is 0 Å². The number of imidazole rings is 1. The van der Waals surface area contributed by atoms with Crippen molar-refractivity contribution >= 4 is 16.7 Å². The molecule has 0 unspecified atom stereocenters. The van der Waals surface area contributed by atoms with Crippen molar-refractivity contribution in [2.45, 2.75) is 19.9 Å². The predicted octanol–water partition coefficient (Wildman–Crippen LogP) is 1.59. The van der Waals surface area contributed by atoms with Crippen molar-refractivity contribution in [1.82, 2.24) is 9.66 Å². The quantitative estimate of drug-likeness (QED) is 0.756. The smallest absolute Gasteiger partial charge is 0.116 e. The van der Waals surface area contributed by atoms with Crippen LogP contribution in [0.25, 0.3) is 11.0 Å². The molecule has 2 aromatic rings. The molecule has 0 radical (unpaired) electrons. The number of rotatable bonds is 2. The summed E-state index contributed by atoms with van der Waals surface area (Å²) in [5, 5.41) is 2.12. The van der Waals surface area contributed by atoms with Gasteiger partial charge in [-0.15, -0.1) is 0 Å². The number of nitrogens with two attached hydrogens (primary N) is 1. The van der Waals surface area contributed by atoms with E-state index in [2.05, 4.69) is 23.8 Å². The van der Waals surface area contributed by atoms with Crippen LogP contribution in [0.3, 0.4) is 0 Å². The van der Waals surface area contributed by atoms with Crippen LogP contribution in [-0.4, -0.2) is 22.7 Å². The number of nitrogens with zero attached hydrogens (tertiary/aromatic N) is 3. The van der Waals surface area contributed by atoms with Crippen LogP contribution in [0.2, 0.25) is 0 Å². The van der Waals surface area contributed by atoms with Crippen LogP contribution >= 0.6 is 0 Å². The van der Waals surface area contributed by atoms with E-state index in [9.17, 15) is 0 Å². The zero-order valence-electron chi connectivity index (χ0n) is 9.31. The minimum atomic E-state index is 0.420. The average Bonchev–Trinajstić information content (AvgIpc) is 2.59. The number of aromatic nitrogens is 2. The van der Waals surface area contributed by atoms with Gasteiger partial charge in [-0.2, -0.15) is 0 Å². The maximum absolute atomic E-state index is 5.77. The highest BCUT2D eigenvalue weighted by Gasteiger charge is 2.08. The second-order valence-corrected chi connectivity index (χ2v) is 4.00. The molecule has 15 heavy (non-hydrogen) atoms. The van der Waals surface area contributed by atoms with Crippen molar-refractivity contribution in [3.8, 4) is 0 Å². The molecule has 0 saturated heterocycles. The Morgan fingerprint density at radius 1 is 1.40 bits per heavy atom. The summed E-state index contributed by atoms with van der Waals surface area (Å²) in [7, 11) is 2.04. The standard InChI is InChI=1S/C11H16N4/c1-8(2)14(3)15-7-13-10-5-4-9(12)6-11(10)15/h4-8H,12H2,1-3H3. The maximum Gasteiger partial charge on any atom is 0.116 e. The fraction of sp³-hybridized carbons (Fsp3) is 0.364. The number of anilines is 1. The zero-order chi connectivity index (χ0) is 11.0. The molecule has 0 aliphatic carbocycles. The fourth-order valence-corrected chi connectivity index (χ4v) is 1.51. The van der Waals surface area contributed by atoms with E-state index in [-0.39, 0.29) is 0 Å². The Morgan fingerprint density at radius 3 is 2.80 bits per heavy atom. The molecule has 0 fully saturated rings. The van der Waals surface area contributed by atoms with Crippen molar-refractivity contribution in [3.05, 3.63) is 24.5 Å². The molecule has 0 aliphatic heterocycles. The molecule has 0 atom stereocenters. The summed E-state index contributed by atoms with van der Waals surface area (Å²) in [5.74, 6) is 0. The van der Waals surface area contributed by atoms with E-state index in [1.54, 1.807) is 0 Å². The Balaban J connectivity index is 2.56. The van der Waals surface area contributed by atoms with Crippen molar-refractivity contribution in [2.24, 2.45) is 0 Å². The molecule has 0 amide bonds. The van der Waals surface area contributed by atoms with Gasteiger partial charge in [0, 0.05) is 18.8 Å². The molecule has 1 aromatic carbocycles. The van der Waals surface area contributed by atoms with Gasteiger partial charge in [-0.25, -0.2) is 9.66 Å². The van der Waals surface area contributed by atoms with Gasteiger partial charge in [-0.1, -0.05) is 0 Å². The Hall–Kier alpha value is -1.71. The molecule has 0 aliphatic rings. The molecule has 2 rings (SSSR count). The Labute approximate surface area is 89.3 Å². The lowest BCUT2D eigenvalue weighted by atomic mass is 10.3. The maximum atomic E-state index is 5.77. The van der Waals surface area contributed by atoms with E-state index in [1.807, 2.05) is 36.3 Å². The molecular weight excluding hydrogens is 188 g/mol. The summed E-state index contributed by atoms with van der Waals surface area (Å²) in [6.07, 6.45) is 1.82. The summed E-state index contributed by atoms with van der Waals surface area (Å²) in [6.45, 7) is 4.27. The Kier molecular flexibility index (Phi) is 2.26. The molecule has 1 heterocycles. The first-order chi connectivity index (χ1) is 7.09. The van der Waals surface area contributed by atoms with Gasteiger partial charge in [0.05, 0.1) is 11.0 Å². The second kappa shape index (κ2) is 3.46. The van der Waals surface area contributed by atoms with E-state index in [0.717, 1.165) is 16.7 Å². The first-order valence-electron chi connectivity index (χ1n) is 5.05. The SMILES string of the molecule is CC(C)N(C)n1cnc2ccc(N)cc21. The first kappa shape index (κ1) is 9.83. The highest BCUT2D eigenvalue weighted by Crippen LogP contribution is 2.16. The van der Waals surface area contributed by atoms with Crippen molar-refractivity contribution in [3.63, 3.8) is 0 Å². The second-order valence-electron chi connectivity index (χ2n) is 4.00. The number of nitrogen functional groups attached to an aromatic ring is 1. The minimum absolute atomic E-state index is 0.420. The lowest BCUT2D eigenvalue weighted by molar-refractivity contribution is 0.583. The number of hydrogen-bond acceptors (Lipinski definition) is 3. The van der Waals surface area contributed by atoms with E-state index in [1.165, 1.54) is 0 Å². The summed E-state index contributed by atoms with van der Waals surface area (Å²) in [5.41, 5.74) is 8.55. The molecule has 0 saturated carbocycles. The topological polar surface area (TPSA) is 47.1 Å². The van der Waals surface area contributed by atoms with Crippen LogP contribution in [0, 0.1) is 0 Å². The first-order valence-corrected chi connectivity index (χ1v) is 5.05. The van der Waals surface area contributed by atoms with Crippen LogP contribution in [0.1, 0.15) is 13.8 Å². The molecular formula is C11H16N4. The van der Waals surface area contributed by atoms with E-state index in [4.69, 9.17) is 5.73 Å². The fourth-order valence-electron chi connectivity index (χ4n) is 1.51. The molecule has 80 valence electrons. The minimum Gasteiger partial charge on any atom is -0.399 e. The average molecular weight is 204 g/mol. The molecule has 2 N–H and O–H groups in total. The van der Waals surface area contributed by atoms with Gasteiger partial charge in [0.2, 0.25) is 0 Å². The third kappa shape index (κ3) is 1.63. The van der Waals surface area contributed by atoms with Crippen LogP contribution in [-0.2, 0) is 0 Å². The summed E-state index contributed by atoms with van der Waals surface area (Å²) < 4.78 is 2.02. The summed E-state index contributed by atoms with van der Waals surface area (Å²) >= 11 is 0. The molecule has 1 aromatic heterocycles. The van der Waals surface area contributed by atoms with Crippen molar-refractivity contribution in [2.75, 3.05) is 17.8 Å². The normalized spacial score (nSPS) is 11.2. The summed E-state index contributed by atoms with van der Waals surface area (Å²) in [6, 6.07) is 6.18. The van der Waals surface area contributed by atoms with E-state index < -0.39 is 0 Å². The van der Waals surface area contributed by atoms with Gasteiger partial charge in [-0.3, -0.25) is 0 Å². The van der Waals surface area contributed by atoms with Crippen LogP contribution in [0.5, 0.6) is 0 Å².